The summed E-state index contributed by atoms with van der Waals surface area (Å²) < 4.78 is 11.1. The van der Waals surface area contributed by atoms with Crippen molar-refractivity contribution in [2.75, 3.05) is 50.1 Å². The van der Waals surface area contributed by atoms with Gasteiger partial charge in [0.05, 0.1) is 47.8 Å². The fourth-order valence-electron chi connectivity index (χ4n) is 8.05. The molecule has 3 aliphatic rings. The molecule has 0 radical (unpaired) electrons. The molecule has 2 atom stereocenters. The molecule has 2 amide bonds. The highest BCUT2D eigenvalue weighted by Crippen LogP contribution is 2.39. The van der Waals surface area contributed by atoms with Gasteiger partial charge >= 0.3 is 12.2 Å². The van der Waals surface area contributed by atoms with Crippen LogP contribution in [0.15, 0.2) is 89.7 Å². The number of hydrogen-bond donors (Lipinski definition) is 6. The van der Waals surface area contributed by atoms with Crippen LogP contribution in [0.3, 0.4) is 0 Å². The number of benzene rings is 4. The third-order valence-electron chi connectivity index (χ3n) is 10.9. The summed E-state index contributed by atoms with van der Waals surface area (Å²) in [5, 5.41) is 38.3. The van der Waals surface area contributed by atoms with E-state index in [0.717, 1.165) is 49.2 Å². The van der Waals surface area contributed by atoms with Gasteiger partial charge in [-0.15, -0.1) is 0 Å². The van der Waals surface area contributed by atoms with Crippen molar-refractivity contribution < 1.29 is 34.4 Å². The van der Waals surface area contributed by atoms with Crippen LogP contribution in [-0.2, 0) is 17.7 Å². The van der Waals surface area contributed by atoms with Crippen LogP contribution in [0.25, 0.3) is 22.0 Å². The molecule has 8 rings (SSSR count). The Morgan fingerprint density at radius 2 is 1.82 bits per heavy atom. The number of pyridine rings is 1. The van der Waals surface area contributed by atoms with E-state index in [-0.39, 0.29) is 47.6 Å². The van der Waals surface area contributed by atoms with Crippen molar-refractivity contribution in [1.29, 1.82) is 0 Å². The highest BCUT2D eigenvalue weighted by molar-refractivity contribution is 6.33. The molecule has 14 heteroatoms. The number of hydrogen-bond acceptors (Lipinski definition) is 9. The molecular formula is C43H46ClN5O8. The Labute approximate surface area is 334 Å². The Balaban J connectivity index is 0.951. The number of carbonyl (C=O) groups excluding carboxylic acids is 1. The number of fused-ring (bicyclic) bond motifs is 4. The molecule has 57 heavy (non-hydrogen) atoms. The number of aryl methyl sites for hydroxylation is 1. The second-order valence-electron chi connectivity index (χ2n) is 14.5. The lowest BCUT2D eigenvalue weighted by atomic mass is 9.82. The van der Waals surface area contributed by atoms with Crippen molar-refractivity contribution >= 4 is 46.1 Å². The average Bonchev–Trinajstić information content (AvgIpc) is 3.21. The summed E-state index contributed by atoms with van der Waals surface area (Å²) in [4.78, 5) is 44.0. The minimum absolute atomic E-state index is 0.0901. The van der Waals surface area contributed by atoms with Gasteiger partial charge in [0.2, 0.25) is 5.56 Å². The third kappa shape index (κ3) is 9.02. The predicted octanol–water partition coefficient (Wildman–Crippen LogP) is 7.15. The number of amides is 2. The molecule has 3 fully saturated rings. The van der Waals surface area contributed by atoms with Crippen LogP contribution >= 0.6 is 11.6 Å². The number of phenolic OH excluding ortho intramolecular Hbond substituents is 1. The molecule has 0 spiro atoms. The van der Waals surface area contributed by atoms with Crippen molar-refractivity contribution in [1.82, 2.24) is 15.2 Å². The second-order valence-corrected chi connectivity index (χ2v) is 14.9. The monoisotopic (exact) mass is 795 g/mol. The molecule has 3 saturated heterocycles. The van der Waals surface area contributed by atoms with Crippen LogP contribution < -0.4 is 25.8 Å². The van der Waals surface area contributed by atoms with Gasteiger partial charge in [0.25, 0.3) is 0 Å². The van der Waals surface area contributed by atoms with Crippen LogP contribution in [0.2, 0.25) is 5.02 Å². The van der Waals surface area contributed by atoms with Gasteiger partial charge in [-0.3, -0.25) is 15.0 Å². The Kier molecular flexibility index (Phi) is 12.3. The van der Waals surface area contributed by atoms with Crippen LogP contribution in [0.1, 0.15) is 42.1 Å². The van der Waals surface area contributed by atoms with Gasteiger partial charge in [-0.25, -0.2) is 9.59 Å². The summed E-state index contributed by atoms with van der Waals surface area (Å²) in [6.07, 6.45) is 0.460. The molecular weight excluding hydrogens is 750 g/mol. The quantitative estimate of drug-likeness (QED) is 0.0634. The van der Waals surface area contributed by atoms with Crippen LogP contribution in [-0.4, -0.2) is 83.3 Å². The number of rotatable bonds is 14. The summed E-state index contributed by atoms with van der Waals surface area (Å²) in [6.45, 7) is 3.28. The molecule has 4 heterocycles. The lowest BCUT2D eigenvalue weighted by molar-refractivity contribution is 0.0837. The number of halogens is 1. The minimum atomic E-state index is -0.957. The lowest BCUT2D eigenvalue weighted by Crippen LogP contribution is -2.59. The van der Waals surface area contributed by atoms with Gasteiger partial charge in [-0.05, 0) is 85.6 Å². The summed E-state index contributed by atoms with van der Waals surface area (Å²) >= 11 is 6.57. The highest BCUT2D eigenvalue weighted by Gasteiger charge is 2.41. The Hall–Kier alpha value is -5.60. The van der Waals surface area contributed by atoms with E-state index >= 15 is 0 Å². The normalized spacial score (nSPS) is 17.9. The Bertz CT molecular complexity index is 2300. The highest BCUT2D eigenvalue weighted by atomic mass is 35.5. The molecule has 4 aromatic carbocycles. The molecule has 3 aliphatic heterocycles. The number of aromatic hydroxyl groups is 1. The molecule has 6 N–H and O–H groups in total. The average molecular weight is 796 g/mol. The maximum Gasteiger partial charge on any atom is 0.412 e. The zero-order chi connectivity index (χ0) is 40.1. The topological polar surface area (TPSA) is 177 Å². The van der Waals surface area contributed by atoms with Crippen LogP contribution in [0, 0.1) is 5.92 Å². The van der Waals surface area contributed by atoms with E-state index in [9.17, 15) is 29.7 Å². The van der Waals surface area contributed by atoms with Crippen molar-refractivity contribution in [3.8, 4) is 22.6 Å². The summed E-state index contributed by atoms with van der Waals surface area (Å²) in [5.41, 5.74) is 4.83. The number of nitrogens with one attached hydrogen (secondary N) is 3. The predicted molar refractivity (Wildman–Crippen MR) is 220 cm³/mol. The maximum atomic E-state index is 12.9. The van der Waals surface area contributed by atoms with Crippen LogP contribution in [0.5, 0.6) is 11.5 Å². The molecule has 1 aromatic heterocycles. The smallest absolute Gasteiger partial charge is 0.412 e. The van der Waals surface area contributed by atoms with Gasteiger partial charge in [0, 0.05) is 48.3 Å². The number of ether oxygens (including phenoxy) is 2. The number of carbonyl (C=O) groups is 2. The molecule has 0 saturated carbocycles. The summed E-state index contributed by atoms with van der Waals surface area (Å²) in [6, 6.07) is 24.8. The first-order chi connectivity index (χ1) is 27.6. The minimum Gasteiger partial charge on any atom is -0.506 e. The number of aliphatic hydroxyl groups excluding tert-OH is 1. The Morgan fingerprint density at radius 3 is 2.54 bits per heavy atom. The van der Waals surface area contributed by atoms with E-state index in [1.807, 2.05) is 48.5 Å². The van der Waals surface area contributed by atoms with Crippen molar-refractivity contribution in [2.45, 2.75) is 44.4 Å². The van der Waals surface area contributed by atoms with E-state index < -0.39 is 18.3 Å². The second kappa shape index (κ2) is 17.7. The SMILES string of the molecule is COc1cc(NC(=O)OCCCc2ccc(-c3ccccc3)c(N(C(=O)O)C3CN4CCC3CC4)c2)c(Cl)cc1CNC[C@H](O)c1ccc(O)c2[nH]c(=O)ccc12. The van der Waals surface area contributed by atoms with Gasteiger partial charge in [-0.2, -0.15) is 0 Å². The first-order valence-corrected chi connectivity index (χ1v) is 19.4. The third-order valence-corrected chi connectivity index (χ3v) is 11.2. The number of carboxylic acid groups (broad SMARTS) is 1. The number of piperidine rings is 3. The van der Waals surface area contributed by atoms with E-state index in [4.69, 9.17) is 21.1 Å². The Morgan fingerprint density at radius 1 is 1.04 bits per heavy atom. The summed E-state index contributed by atoms with van der Waals surface area (Å²) in [7, 11) is 1.50. The number of aromatic nitrogens is 1. The van der Waals surface area contributed by atoms with Gasteiger partial charge < -0.3 is 40.0 Å². The molecule has 298 valence electrons. The lowest BCUT2D eigenvalue weighted by Gasteiger charge is -2.48. The standard InChI is InChI=1S/C43H46ClN5O8/c1-56-39-22-34(33(44)21-29(39)23-45-24-38(51)31-11-13-37(50)41-32(31)12-14-40(52)47-41)46-42(53)57-19-5-6-26-9-10-30(27-7-3-2-4-8-27)35(20-26)49(43(54)55)36-25-48-17-15-28(36)16-18-48/h2-4,7-14,20-22,28,36,38,45,50-51H,5-6,15-19,23-25H2,1H3,(H,46,53)(H,47,52)(H,54,55)/t36?,38-/m0/s1. The van der Waals surface area contributed by atoms with E-state index in [0.29, 0.717) is 52.4 Å². The van der Waals surface area contributed by atoms with Crippen molar-refractivity contribution in [2.24, 2.45) is 5.92 Å². The van der Waals surface area contributed by atoms with Gasteiger partial charge in [0.1, 0.15) is 11.5 Å². The number of H-pyrrole nitrogens is 1. The maximum absolute atomic E-state index is 12.9. The van der Waals surface area contributed by atoms with Gasteiger partial charge in [0.15, 0.2) is 0 Å². The van der Waals surface area contributed by atoms with E-state index in [1.54, 1.807) is 29.2 Å². The fraction of sp³-hybridized carbons (Fsp3) is 0.326. The van der Waals surface area contributed by atoms with E-state index in [1.165, 1.54) is 19.2 Å². The molecule has 1 unspecified atom stereocenters. The molecule has 13 nitrogen and oxygen atoms in total. The number of aliphatic hydroxyl groups is 1. The van der Waals surface area contributed by atoms with Crippen molar-refractivity contribution in [3.05, 3.63) is 117 Å². The van der Waals surface area contributed by atoms with E-state index in [2.05, 4.69) is 20.5 Å². The first kappa shape index (κ1) is 39.6. The number of aromatic amines is 1. The van der Waals surface area contributed by atoms with Crippen molar-refractivity contribution in [3.63, 3.8) is 0 Å². The molecule has 2 bridgehead atoms. The summed E-state index contributed by atoms with van der Waals surface area (Å²) in [5.74, 6) is 0.681. The largest absolute Gasteiger partial charge is 0.506 e. The van der Waals surface area contributed by atoms with Crippen LogP contribution in [0.4, 0.5) is 21.0 Å². The van der Waals surface area contributed by atoms with Gasteiger partial charge in [-0.1, -0.05) is 60.1 Å². The fourth-order valence-corrected chi connectivity index (χ4v) is 8.29. The number of anilines is 2. The number of phenols is 1. The first-order valence-electron chi connectivity index (χ1n) is 19.1. The number of nitrogens with zero attached hydrogens (tertiary/aromatic N) is 2. The zero-order valence-corrected chi connectivity index (χ0v) is 32.3. The zero-order valence-electron chi connectivity index (χ0n) is 31.5. The molecule has 0 aliphatic carbocycles. The number of methoxy groups -OCH3 is 1. The molecule has 5 aromatic rings.